The Bertz CT molecular complexity index is 256. The monoisotopic (exact) mass is 250 g/mol. The van der Waals surface area contributed by atoms with E-state index >= 15 is 0 Å². The summed E-state index contributed by atoms with van der Waals surface area (Å²) in [4.78, 5) is 12.0. The highest BCUT2D eigenvalue weighted by Crippen LogP contribution is 2.53. The van der Waals surface area contributed by atoms with Gasteiger partial charge in [-0.3, -0.25) is 9.36 Å². The minimum absolute atomic E-state index is 0.281. The molecule has 0 amide bonds. The zero-order chi connectivity index (χ0) is 12.8. The molecule has 5 heteroatoms. The first-order valence-electron chi connectivity index (χ1n) is 5.72. The van der Waals surface area contributed by atoms with Crippen LogP contribution in [0.25, 0.3) is 0 Å². The summed E-state index contributed by atoms with van der Waals surface area (Å²) in [6.07, 6.45) is 1.41. The van der Waals surface area contributed by atoms with Crippen molar-refractivity contribution in [3.05, 3.63) is 0 Å². The number of carbonyl (C=O) groups excluding carboxylic acids is 1. The molecule has 0 aromatic heterocycles. The predicted molar refractivity (Wildman–Crippen MR) is 64.6 cm³/mol. The lowest BCUT2D eigenvalue weighted by Gasteiger charge is -2.23. The van der Waals surface area contributed by atoms with Crippen LogP contribution in [0, 0.1) is 5.41 Å². The lowest BCUT2D eigenvalue weighted by molar-refractivity contribution is -0.120. The maximum absolute atomic E-state index is 12.3. The molecule has 0 N–H and O–H groups in total. The van der Waals surface area contributed by atoms with Gasteiger partial charge in [-0.15, -0.1) is 0 Å². The van der Waals surface area contributed by atoms with Gasteiger partial charge in [-0.25, -0.2) is 0 Å². The second kappa shape index (κ2) is 6.53. The molecule has 0 rings (SSSR count). The van der Waals surface area contributed by atoms with Crippen LogP contribution in [0.3, 0.4) is 0 Å². The van der Waals surface area contributed by atoms with Crippen LogP contribution < -0.4 is 0 Å². The van der Waals surface area contributed by atoms with Crippen LogP contribution in [-0.4, -0.2) is 18.7 Å². The van der Waals surface area contributed by atoms with Crippen LogP contribution in [0.5, 0.6) is 0 Å². The fourth-order valence-electron chi connectivity index (χ4n) is 0.988. The third-order valence-corrected chi connectivity index (χ3v) is 4.03. The second-order valence-corrected chi connectivity index (χ2v) is 6.64. The van der Waals surface area contributed by atoms with Crippen LogP contribution in [0.1, 0.15) is 47.5 Å². The lowest BCUT2D eigenvalue weighted by atomic mass is 10.00. The molecule has 0 heterocycles. The molecule has 0 atom stereocenters. The molecule has 0 aromatic carbocycles. The Labute approximate surface area is 98.2 Å². The van der Waals surface area contributed by atoms with Crippen molar-refractivity contribution in [3.8, 4) is 0 Å². The van der Waals surface area contributed by atoms with Crippen LogP contribution in [0.4, 0.5) is 0 Å². The van der Waals surface area contributed by atoms with E-state index in [0.29, 0.717) is 12.8 Å². The number of rotatable bonds is 7. The van der Waals surface area contributed by atoms with Crippen LogP contribution in [0.2, 0.25) is 0 Å². The maximum atomic E-state index is 12.3. The average Bonchev–Trinajstić information content (AvgIpc) is 2.21. The van der Waals surface area contributed by atoms with Gasteiger partial charge in [0.15, 0.2) is 0 Å². The van der Waals surface area contributed by atoms with Gasteiger partial charge in [0.1, 0.15) is 0 Å². The van der Waals surface area contributed by atoms with Gasteiger partial charge in [-0.1, -0.05) is 34.6 Å². The van der Waals surface area contributed by atoms with Gasteiger partial charge < -0.3 is 9.05 Å². The van der Waals surface area contributed by atoms with Crippen LogP contribution >= 0.6 is 7.60 Å². The predicted octanol–water partition coefficient (Wildman–Crippen LogP) is 3.61. The molecule has 0 fully saturated rings. The summed E-state index contributed by atoms with van der Waals surface area (Å²) in [6.45, 7) is 9.49. The van der Waals surface area contributed by atoms with Crippen molar-refractivity contribution in [3.63, 3.8) is 0 Å². The minimum Gasteiger partial charge on any atom is -0.303 e. The van der Waals surface area contributed by atoms with E-state index < -0.39 is 18.5 Å². The topological polar surface area (TPSA) is 52.6 Å². The van der Waals surface area contributed by atoms with E-state index in [4.69, 9.17) is 9.05 Å². The third-order valence-electron chi connectivity index (χ3n) is 1.82. The number of hydrogen-bond acceptors (Lipinski definition) is 4. The quantitative estimate of drug-likeness (QED) is 0.648. The van der Waals surface area contributed by atoms with E-state index in [2.05, 4.69) is 0 Å². The Morgan fingerprint density at radius 1 is 1.06 bits per heavy atom. The van der Waals surface area contributed by atoms with Crippen molar-refractivity contribution in [2.75, 3.05) is 13.2 Å². The molecule has 0 aliphatic rings. The SMILES string of the molecule is CCCOP(=O)(OCCC)C(=O)C(C)(C)C. The molecule has 0 aromatic rings. The molecule has 0 unspecified atom stereocenters. The van der Waals surface area contributed by atoms with Gasteiger partial charge in [0, 0.05) is 5.41 Å². The normalized spacial score (nSPS) is 12.8. The summed E-state index contributed by atoms with van der Waals surface area (Å²) in [7, 11) is -3.60. The van der Waals surface area contributed by atoms with E-state index in [9.17, 15) is 9.36 Å². The van der Waals surface area contributed by atoms with Crippen molar-refractivity contribution in [1.29, 1.82) is 0 Å². The van der Waals surface area contributed by atoms with Gasteiger partial charge >= 0.3 is 7.60 Å². The van der Waals surface area contributed by atoms with Crippen molar-refractivity contribution in [2.24, 2.45) is 5.41 Å². The Balaban J connectivity index is 4.78. The van der Waals surface area contributed by atoms with Gasteiger partial charge in [-0.05, 0) is 12.8 Å². The molecule has 0 spiro atoms. The molecule has 16 heavy (non-hydrogen) atoms. The molecule has 0 radical (unpaired) electrons. The first kappa shape index (κ1) is 15.8. The largest absolute Gasteiger partial charge is 0.397 e. The van der Waals surface area contributed by atoms with Crippen molar-refractivity contribution in [2.45, 2.75) is 47.5 Å². The second-order valence-electron chi connectivity index (χ2n) is 4.72. The molecular formula is C11H23O4P. The van der Waals surface area contributed by atoms with Gasteiger partial charge in [0.05, 0.1) is 13.2 Å². The van der Waals surface area contributed by atoms with Gasteiger partial charge in [-0.2, -0.15) is 0 Å². The summed E-state index contributed by atoms with van der Waals surface area (Å²) < 4.78 is 22.6. The zero-order valence-electron chi connectivity index (χ0n) is 10.9. The highest BCUT2D eigenvalue weighted by atomic mass is 31.2. The standard InChI is InChI=1S/C11H23O4P/c1-6-8-14-16(13,15-9-7-2)10(12)11(3,4)5/h6-9H2,1-5H3. The summed E-state index contributed by atoms with van der Waals surface area (Å²) in [5.74, 6) is 0. The van der Waals surface area contributed by atoms with Crippen molar-refractivity contribution in [1.82, 2.24) is 0 Å². The zero-order valence-corrected chi connectivity index (χ0v) is 11.8. The number of hydrogen-bond donors (Lipinski definition) is 0. The van der Waals surface area contributed by atoms with E-state index in [0.717, 1.165) is 0 Å². The summed E-state index contributed by atoms with van der Waals surface area (Å²) in [5.41, 5.74) is -1.15. The van der Waals surface area contributed by atoms with Crippen molar-refractivity contribution < 1.29 is 18.4 Å². The highest BCUT2D eigenvalue weighted by Gasteiger charge is 2.41. The molecule has 96 valence electrons. The summed E-state index contributed by atoms with van der Waals surface area (Å²) in [6, 6.07) is 0. The van der Waals surface area contributed by atoms with Gasteiger partial charge in [0.25, 0.3) is 0 Å². The van der Waals surface area contributed by atoms with Crippen molar-refractivity contribution >= 4 is 13.1 Å². The van der Waals surface area contributed by atoms with Crippen LogP contribution in [0.15, 0.2) is 0 Å². The molecule has 0 saturated heterocycles. The Hall–Kier alpha value is -0.180. The molecule has 0 bridgehead atoms. The molecule has 0 saturated carbocycles. The highest BCUT2D eigenvalue weighted by molar-refractivity contribution is 7.72. The molecule has 0 aliphatic carbocycles. The maximum Gasteiger partial charge on any atom is 0.397 e. The van der Waals surface area contributed by atoms with Gasteiger partial charge in [0.2, 0.25) is 5.52 Å². The molecule has 0 aliphatic heterocycles. The Kier molecular flexibility index (Phi) is 6.46. The lowest BCUT2D eigenvalue weighted by Crippen LogP contribution is -2.22. The molecular weight excluding hydrogens is 227 g/mol. The summed E-state index contributed by atoms with van der Waals surface area (Å²) in [5, 5.41) is 0. The summed E-state index contributed by atoms with van der Waals surface area (Å²) >= 11 is 0. The van der Waals surface area contributed by atoms with E-state index in [1.54, 1.807) is 20.8 Å². The molecule has 4 nitrogen and oxygen atoms in total. The first-order chi connectivity index (χ1) is 7.28. The van der Waals surface area contributed by atoms with E-state index in [1.165, 1.54) is 0 Å². The van der Waals surface area contributed by atoms with E-state index in [-0.39, 0.29) is 13.2 Å². The minimum atomic E-state index is -3.60. The van der Waals surface area contributed by atoms with E-state index in [1.807, 2.05) is 13.8 Å². The number of carbonyl (C=O) groups is 1. The smallest absolute Gasteiger partial charge is 0.303 e. The fourth-order valence-corrected chi connectivity index (χ4v) is 2.96. The fraction of sp³-hybridized carbons (Fsp3) is 0.909. The first-order valence-corrected chi connectivity index (χ1v) is 7.26. The Morgan fingerprint density at radius 2 is 1.44 bits per heavy atom. The average molecular weight is 250 g/mol. The Morgan fingerprint density at radius 3 is 1.69 bits per heavy atom. The van der Waals surface area contributed by atoms with Crippen LogP contribution in [-0.2, 0) is 18.4 Å². The third kappa shape index (κ3) is 4.77.